The number of nitriles is 1. The summed E-state index contributed by atoms with van der Waals surface area (Å²) in [5, 5.41) is 11.5. The Kier molecular flexibility index (Phi) is 7.48. The summed E-state index contributed by atoms with van der Waals surface area (Å²) in [6, 6.07) is 23.6. The summed E-state index contributed by atoms with van der Waals surface area (Å²) >= 11 is 0. The first kappa shape index (κ1) is 22.7. The van der Waals surface area contributed by atoms with Crippen LogP contribution in [0.4, 0.5) is 0 Å². The fraction of sp³-hybridized carbons (Fsp3) is 0.480. The maximum atomic E-state index is 9.05. The van der Waals surface area contributed by atoms with E-state index in [2.05, 4.69) is 87.5 Å². The lowest BCUT2D eigenvalue weighted by Crippen LogP contribution is -2.67. The molecule has 160 valence electrons. The van der Waals surface area contributed by atoms with E-state index in [9.17, 15) is 0 Å². The maximum Gasteiger partial charge on any atom is 0.261 e. The lowest BCUT2D eigenvalue weighted by Gasteiger charge is -2.43. The van der Waals surface area contributed by atoms with Crippen LogP contribution in [-0.4, -0.2) is 34.4 Å². The largest absolute Gasteiger partial charge is 0.405 e. The predicted octanol–water partition coefficient (Wildman–Crippen LogP) is 4.24. The third kappa shape index (κ3) is 4.68. The van der Waals surface area contributed by atoms with Crippen LogP contribution in [0.15, 0.2) is 60.7 Å². The third-order valence-corrected chi connectivity index (χ3v) is 11.1. The average Bonchev–Trinajstić information content (AvgIpc) is 3.15. The van der Waals surface area contributed by atoms with Crippen LogP contribution in [0.5, 0.6) is 0 Å². The van der Waals surface area contributed by atoms with Gasteiger partial charge in [-0.25, -0.2) is 0 Å². The number of benzene rings is 2. The predicted molar refractivity (Wildman–Crippen MR) is 122 cm³/mol. The highest BCUT2D eigenvalue weighted by Gasteiger charge is 2.51. The molecular formula is C25H33NO3Si. The van der Waals surface area contributed by atoms with Crippen molar-refractivity contribution < 1.29 is 13.9 Å². The number of methoxy groups -OCH3 is 1. The highest BCUT2D eigenvalue weighted by atomic mass is 28.4. The van der Waals surface area contributed by atoms with Gasteiger partial charge < -0.3 is 13.9 Å². The Morgan fingerprint density at radius 1 is 1.03 bits per heavy atom. The first-order valence-electron chi connectivity index (χ1n) is 10.7. The molecule has 0 saturated carbocycles. The number of nitrogens with zero attached hydrogens (tertiary/aromatic N) is 1. The molecule has 0 spiro atoms. The maximum absolute atomic E-state index is 9.05. The van der Waals surface area contributed by atoms with E-state index in [0.29, 0.717) is 13.0 Å². The smallest absolute Gasteiger partial charge is 0.261 e. The van der Waals surface area contributed by atoms with E-state index in [1.54, 1.807) is 7.11 Å². The molecule has 2 aromatic rings. The summed E-state index contributed by atoms with van der Waals surface area (Å²) < 4.78 is 18.7. The Bertz CT molecular complexity index is 789. The van der Waals surface area contributed by atoms with Gasteiger partial charge in [-0.05, 0) is 27.8 Å². The van der Waals surface area contributed by atoms with Crippen molar-refractivity contribution in [1.82, 2.24) is 0 Å². The van der Waals surface area contributed by atoms with Gasteiger partial charge in [-0.1, -0.05) is 81.4 Å². The average molecular weight is 424 g/mol. The Morgan fingerprint density at radius 2 is 1.60 bits per heavy atom. The minimum absolute atomic E-state index is 0.0649. The molecule has 0 radical (unpaired) electrons. The van der Waals surface area contributed by atoms with Crippen molar-refractivity contribution in [3.8, 4) is 6.07 Å². The number of hydrogen-bond acceptors (Lipinski definition) is 4. The molecule has 30 heavy (non-hydrogen) atoms. The van der Waals surface area contributed by atoms with Crippen LogP contribution in [0.1, 0.15) is 40.0 Å². The summed E-state index contributed by atoms with van der Waals surface area (Å²) in [5.74, 6) is 0.271. The summed E-state index contributed by atoms with van der Waals surface area (Å²) in [6.45, 7) is 7.34. The molecule has 2 aromatic carbocycles. The van der Waals surface area contributed by atoms with Gasteiger partial charge in [-0.15, -0.1) is 0 Å². The van der Waals surface area contributed by atoms with Crippen molar-refractivity contribution in [3.63, 3.8) is 0 Å². The lowest BCUT2D eigenvalue weighted by molar-refractivity contribution is -0.123. The van der Waals surface area contributed by atoms with Gasteiger partial charge in [0.2, 0.25) is 0 Å². The molecule has 0 aromatic heterocycles. The summed E-state index contributed by atoms with van der Waals surface area (Å²) in [5.41, 5.74) is 0. The van der Waals surface area contributed by atoms with Gasteiger partial charge in [0.1, 0.15) is 0 Å². The minimum atomic E-state index is -2.60. The normalized spacial score (nSPS) is 22.0. The quantitative estimate of drug-likeness (QED) is 0.596. The van der Waals surface area contributed by atoms with Gasteiger partial charge in [0, 0.05) is 20.0 Å². The molecule has 1 fully saturated rings. The van der Waals surface area contributed by atoms with Gasteiger partial charge >= 0.3 is 0 Å². The third-order valence-electron chi connectivity index (χ3n) is 6.12. The Morgan fingerprint density at radius 3 is 2.07 bits per heavy atom. The van der Waals surface area contributed by atoms with Crippen molar-refractivity contribution >= 4 is 18.7 Å². The molecule has 4 nitrogen and oxygen atoms in total. The lowest BCUT2D eigenvalue weighted by atomic mass is 9.96. The topological polar surface area (TPSA) is 51.5 Å². The summed E-state index contributed by atoms with van der Waals surface area (Å²) in [7, 11) is -0.918. The molecule has 0 bridgehead atoms. The second-order valence-corrected chi connectivity index (χ2v) is 13.3. The Labute approximate surface area is 181 Å². The molecule has 1 saturated heterocycles. The molecule has 3 rings (SSSR count). The molecule has 1 heterocycles. The van der Waals surface area contributed by atoms with E-state index >= 15 is 0 Å². The van der Waals surface area contributed by atoms with E-state index < -0.39 is 8.32 Å². The second kappa shape index (κ2) is 9.89. The SMILES string of the molecule is CO[C@H]1C[C@H](CCC#N)[C@@H](CO[Si](c2ccccc2)(c2ccccc2)C(C)(C)C)O1. The van der Waals surface area contributed by atoms with Crippen LogP contribution < -0.4 is 10.4 Å². The summed E-state index contributed by atoms with van der Waals surface area (Å²) in [6.07, 6.45) is 1.87. The fourth-order valence-corrected chi connectivity index (χ4v) is 9.18. The van der Waals surface area contributed by atoms with Crippen LogP contribution in [-0.2, 0) is 13.9 Å². The van der Waals surface area contributed by atoms with E-state index in [4.69, 9.17) is 19.2 Å². The molecular weight excluding hydrogens is 390 g/mol. The first-order valence-corrected chi connectivity index (χ1v) is 12.6. The zero-order valence-corrected chi connectivity index (χ0v) is 19.5. The molecule has 5 heteroatoms. The zero-order chi connectivity index (χ0) is 21.6. The standard InChI is InChI=1S/C25H33NO3Si/c1-25(2,3)30(21-13-7-5-8-14-21,22-15-9-6-10-16-22)28-19-23-20(12-11-17-26)18-24(27-4)29-23/h5-10,13-16,20,23-24H,11-12,18-19H2,1-4H3/t20-,23+,24+/m0/s1. The van der Waals surface area contributed by atoms with Crippen LogP contribution in [0, 0.1) is 17.2 Å². The Balaban J connectivity index is 1.96. The monoisotopic (exact) mass is 423 g/mol. The van der Waals surface area contributed by atoms with E-state index in [1.165, 1.54) is 10.4 Å². The molecule has 0 amide bonds. The number of ether oxygens (including phenoxy) is 2. The van der Waals surface area contributed by atoms with Crippen molar-refractivity contribution in [1.29, 1.82) is 5.26 Å². The van der Waals surface area contributed by atoms with Crippen LogP contribution in [0.2, 0.25) is 5.04 Å². The van der Waals surface area contributed by atoms with Gasteiger partial charge in [-0.3, -0.25) is 0 Å². The van der Waals surface area contributed by atoms with Crippen molar-refractivity contribution in [3.05, 3.63) is 60.7 Å². The van der Waals surface area contributed by atoms with Gasteiger partial charge in [0.05, 0.1) is 18.8 Å². The highest BCUT2D eigenvalue weighted by molar-refractivity contribution is 6.99. The van der Waals surface area contributed by atoms with Crippen molar-refractivity contribution in [2.45, 2.75) is 57.5 Å². The minimum Gasteiger partial charge on any atom is -0.405 e. The van der Waals surface area contributed by atoms with Crippen LogP contribution >= 0.6 is 0 Å². The van der Waals surface area contributed by atoms with Gasteiger partial charge in [0.15, 0.2) is 6.29 Å². The number of hydrogen-bond donors (Lipinski definition) is 0. The molecule has 0 N–H and O–H groups in total. The van der Waals surface area contributed by atoms with Gasteiger partial charge in [-0.2, -0.15) is 5.26 Å². The van der Waals surface area contributed by atoms with E-state index in [0.717, 1.165) is 12.8 Å². The van der Waals surface area contributed by atoms with Gasteiger partial charge in [0.25, 0.3) is 8.32 Å². The summed E-state index contributed by atoms with van der Waals surface area (Å²) in [4.78, 5) is 0. The zero-order valence-electron chi connectivity index (χ0n) is 18.5. The fourth-order valence-electron chi connectivity index (χ4n) is 4.61. The second-order valence-electron chi connectivity index (χ2n) is 9.01. The van der Waals surface area contributed by atoms with Crippen LogP contribution in [0.3, 0.4) is 0 Å². The Hall–Kier alpha value is -1.97. The molecule has 1 aliphatic heterocycles. The highest BCUT2D eigenvalue weighted by Crippen LogP contribution is 2.38. The van der Waals surface area contributed by atoms with Crippen molar-refractivity contribution in [2.75, 3.05) is 13.7 Å². The van der Waals surface area contributed by atoms with E-state index in [-0.39, 0.29) is 23.4 Å². The molecule has 0 unspecified atom stereocenters. The molecule has 3 atom stereocenters. The molecule has 0 aliphatic carbocycles. The first-order chi connectivity index (χ1) is 14.4. The molecule has 1 aliphatic rings. The van der Waals surface area contributed by atoms with Crippen LogP contribution in [0.25, 0.3) is 0 Å². The van der Waals surface area contributed by atoms with E-state index in [1.807, 2.05) is 0 Å². The number of rotatable bonds is 8. The van der Waals surface area contributed by atoms with Crippen molar-refractivity contribution in [2.24, 2.45) is 5.92 Å².